The molecule has 0 unspecified atom stereocenters. The van der Waals surface area contributed by atoms with Crippen LogP contribution in [-0.4, -0.2) is 0 Å². The van der Waals surface area contributed by atoms with Gasteiger partial charge >= 0.3 is 0 Å². The summed E-state index contributed by atoms with van der Waals surface area (Å²) >= 11 is 0. The highest BCUT2D eigenvalue weighted by Crippen LogP contribution is 2.30. The molecule has 83 valence electrons. The van der Waals surface area contributed by atoms with Crippen molar-refractivity contribution in [1.29, 1.82) is 0 Å². The van der Waals surface area contributed by atoms with Gasteiger partial charge in [-0.1, -0.05) is 58.2 Å². The van der Waals surface area contributed by atoms with Gasteiger partial charge in [-0.3, -0.25) is 0 Å². The van der Waals surface area contributed by atoms with Crippen molar-refractivity contribution in [2.45, 2.75) is 51.9 Å². The molecule has 0 spiro atoms. The lowest BCUT2D eigenvalue weighted by atomic mass is 9.80. The van der Waals surface area contributed by atoms with Crippen LogP contribution in [0.4, 0.5) is 4.39 Å². The van der Waals surface area contributed by atoms with Crippen molar-refractivity contribution < 1.29 is 4.39 Å². The summed E-state index contributed by atoms with van der Waals surface area (Å²) in [6, 6.07) is 7.99. The van der Waals surface area contributed by atoms with E-state index in [0.29, 0.717) is 0 Å². The second kappa shape index (κ2) is 5.29. The van der Waals surface area contributed by atoms with E-state index in [1.807, 2.05) is 12.1 Å². The van der Waals surface area contributed by atoms with Gasteiger partial charge in [0.25, 0.3) is 0 Å². The minimum absolute atomic E-state index is 0.0724. The van der Waals surface area contributed by atoms with Gasteiger partial charge in [-0.2, -0.15) is 0 Å². The predicted molar refractivity (Wildman–Crippen MR) is 62.4 cm³/mol. The van der Waals surface area contributed by atoms with Crippen molar-refractivity contribution in [2.75, 3.05) is 0 Å². The van der Waals surface area contributed by atoms with Crippen molar-refractivity contribution in [3.63, 3.8) is 0 Å². The third-order valence-electron chi connectivity index (χ3n) is 2.94. The molecule has 0 nitrogen and oxygen atoms in total. The molecule has 0 amide bonds. The highest BCUT2D eigenvalue weighted by Gasteiger charge is 2.22. The first-order valence-corrected chi connectivity index (χ1v) is 5.74. The second-order valence-corrected chi connectivity index (χ2v) is 4.74. The summed E-state index contributed by atoms with van der Waals surface area (Å²) in [6.07, 6.45) is 4.63. The Bertz CT molecular complexity index is 302. The van der Waals surface area contributed by atoms with Crippen molar-refractivity contribution in [3.05, 3.63) is 35.6 Å². The molecule has 1 aromatic carbocycles. The zero-order chi connectivity index (χ0) is 11.3. The molecule has 0 atom stereocenters. The summed E-state index contributed by atoms with van der Waals surface area (Å²) in [5.41, 5.74) is 0.720. The molecule has 1 radical (unpaired) electrons. The van der Waals surface area contributed by atoms with Gasteiger partial charge in [0.15, 0.2) is 0 Å². The molecule has 0 bridgehead atoms. The molecule has 0 saturated heterocycles. The molecule has 0 aromatic heterocycles. The normalized spacial score (nSPS) is 11.7. The summed E-state index contributed by atoms with van der Waals surface area (Å²) < 4.78 is 13.5. The van der Waals surface area contributed by atoms with Crippen LogP contribution >= 0.6 is 0 Å². The summed E-state index contributed by atoms with van der Waals surface area (Å²) in [4.78, 5) is 0. The molecule has 0 aliphatic rings. The van der Waals surface area contributed by atoms with Crippen LogP contribution in [0.25, 0.3) is 0 Å². The maximum atomic E-state index is 13.5. The van der Waals surface area contributed by atoms with E-state index in [1.54, 1.807) is 6.07 Å². The molecule has 1 aromatic rings. The molecule has 0 N–H and O–H groups in total. The minimum atomic E-state index is -0.195. The van der Waals surface area contributed by atoms with Gasteiger partial charge in [-0.05, 0) is 17.4 Å². The lowest BCUT2D eigenvalue weighted by molar-refractivity contribution is 0.427. The zero-order valence-electron chi connectivity index (χ0n) is 9.94. The van der Waals surface area contributed by atoms with Crippen molar-refractivity contribution in [2.24, 2.45) is 0 Å². The molecule has 0 heterocycles. The van der Waals surface area contributed by atoms with Crippen molar-refractivity contribution in [3.8, 4) is 0 Å². The third kappa shape index (κ3) is 3.33. The van der Waals surface area contributed by atoms with Gasteiger partial charge in [0.2, 0.25) is 0 Å². The molecule has 0 aliphatic heterocycles. The van der Waals surface area contributed by atoms with Gasteiger partial charge in [0.05, 0.1) is 0 Å². The number of benzene rings is 1. The summed E-state index contributed by atoms with van der Waals surface area (Å²) in [6.45, 7) is 6.40. The van der Waals surface area contributed by atoms with E-state index in [9.17, 15) is 4.39 Å². The van der Waals surface area contributed by atoms with Crippen LogP contribution in [-0.2, 0) is 5.41 Å². The molecule has 1 heteroatoms. The Morgan fingerprint density at radius 3 is 2.67 bits per heavy atom. The lowest BCUT2D eigenvalue weighted by Crippen LogP contribution is -2.18. The summed E-state index contributed by atoms with van der Waals surface area (Å²) in [5.74, 6) is -0.195. The average molecular weight is 207 g/mol. The maximum absolute atomic E-state index is 13.5. The van der Waals surface area contributed by atoms with Crippen molar-refractivity contribution in [1.82, 2.24) is 0 Å². The SMILES string of the molecule is CCCCCC(C)(C)c1ccc[c]c1F. The number of rotatable bonds is 5. The van der Waals surface area contributed by atoms with Crippen LogP contribution in [0.1, 0.15) is 52.0 Å². The van der Waals surface area contributed by atoms with Crippen LogP contribution in [0.3, 0.4) is 0 Å². The fourth-order valence-electron chi connectivity index (χ4n) is 1.89. The fourth-order valence-corrected chi connectivity index (χ4v) is 1.89. The minimum Gasteiger partial charge on any atom is -0.206 e. The molecular formula is C14H20F. The topological polar surface area (TPSA) is 0 Å². The molecule has 15 heavy (non-hydrogen) atoms. The standard InChI is InChI=1S/C14H20F/c1-4-5-8-11-14(2,3)12-9-6-7-10-13(12)15/h6-7,9H,4-5,8,11H2,1-3H3. The van der Waals surface area contributed by atoms with E-state index in [0.717, 1.165) is 18.4 Å². The Kier molecular flexibility index (Phi) is 4.31. The van der Waals surface area contributed by atoms with Crippen LogP contribution in [0.15, 0.2) is 18.2 Å². The number of hydrogen-bond donors (Lipinski definition) is 0. The Morgan fingerprint density at radius 1 is 1.33 bits per heavy atom. The first kappa shape index (κ1) is 12.2. The van der Waals surface area contributed by atoms with E-state index in [1.165, 1.54) is 12.8 Å². The monoisotopic (exact) mass is 207 g/mol. The summed E-state index contributed by atoms with van der Waals surface area (Å²) in [7, 11) is 0. The fraction of sp³-hybridized carbons (Fsp3) is 0.571. The predicted octanol–water partition coefficient (Wildman–Crippen LogP) is 4.48. The first-order valence-electron chi connectivity index (χ1n) is 5.74. The number of hydrogen-bond acceptors (Lipinski definition) is 0. The third-order valence-corrected chi connectivity index (χ3v) is 2.94. The number of halogens is 1. The second-order valence-electron chi connectivity index (χ2n) is 4.74. The highest BCUT2D eigenvalue weighted by molar-refractivity contribution is 5.24. The van der Waals surface area contributed by atoms with Gasteiger partial charge in [0.1, 0.15) is 5.82 Å². The van der Waals surface area contributed by atoms with E-state index >= 15 is 0 Å². The summed E-state index contributed by atoms with van der Waals surface area (Å²) in [5, 5.41) is 0. The van der Waals surface area contributed by atoms with Crippen molar-refractivity contribution >= 4 is 0 Å². The molecule has 0 saturated carbocycles. The first-order chi connectivity index (χ1) is 7.08. The Morgan fingerprint density at radius 2 is 2.07 bits per heavy atom. The molecule has 0 aliphatic carbocycles. The van der Waals surface area contributed by atoms with Crippen LogP contribution in [0, 0.1) is 11.9 Å². The number of unbranched alkanes of at least 4 members (excludes halogenated alkanes) is 2. The average Bonchev–Trinajstić information content (AvgIpc) is 2.18. The van der Waals surface area contributed by atoms with E-state index in [-0.39, 0.29) is 11.2 Å². The van der Waals surface area contributed by atoms with Crippen LogP contribution in [0.2, 0.25) is 0 Å². The van der Waals surface area contributed by atoms with Gasteiger partial charge in [0, 0.05) is 6.07 Å². The molecule has 0 fully saturated rings. The Hall–Kier alpha value is -0.850. The quantitative estimate of drug-likeness (QED) is 0.624. The zero-order valence-corrected chi connectivity index (χ0v) is 9.94. The van der Waals surface area contributed by atoms with Gasteiger partial charge < -0.3 is 0 Å². The van der Waals surface area contributed by atoms with Crippen LogP contribution < -0.4 is 0 Å². The highest BCUT2D eigenvalue weighted by atomic mass is 19.1. The van der Waals surface area contributed by atoms with Gasteiger partial charge in [-0.15, -0.1) is 0 Å². The largest absolute Gasteiger partial charge is 0.206 e. The maximum Gasteiger partial charge on any atom is 0.134 e. The van der Waals surface area contributed by atoms with E-state index in [2.05, 4.69) is 26.8 Å². The Balaban J connectivity index is 2.72. The smallest absolute Gasteiger partial charge is 0.134 e. The van der Waals surface area contributed by atoms with Crippen LogP contribution in [0.5, 0.6) is 0 Å². The lowest BCUT2D eigenvalue weighted by Gasteiger charge is -2.25. The van der Waals surface area contributed by atoms with E-state index in [4.69, 9.17) is 0 Å². The molecular weight excluding hydrogens is 187 g/mol. The van der Waals surface area contributed by atoms with E-state index < -0.39 is 0 Å². The molecule has 1 rings (SSSR count). The van der Waals surface area contributed by atoms with Gasteiger partial charge in [-0.25, -0.2) is 4.39 Å². The Labute approximate surface area is 92.5 Å².